The topological polar surface area (TPSA) is 85.4 Å². The van der Waals surface area contributed by atoms with Crippen LogP contribution in [0, 0.1) is 6.92 Å². The molecule has 0 saturated carbocycles. The van der Waals surface area contributed by atoms with Gasteiger partial charge in [0.2, 0.25) is 5.13 Å². The van der Waals surface area contributed by atoms with E-state index in [1.807, 2.05) is 34.6 Å². The second-order valence-corrected chi connectivity index (χ2v) is 7.41. The Labute approximate surface area is 155 Å². The molecule has 0 saturated heterocycles. The van der Waals surface area contributed by atoms with Gasteiger partial charge in [0, 0.05) is 6.07 Å². The van der Waals surface area contributed by atoms with Crippen LogP contribution >= 0.6 is 22.9 Å². The number of rotatable bonds is 6. The Morgan fingerprint density at radius 3 is 2.28 bits per heavy atom. The van der Waals surface area contributed by atoms with E-state index in [2.05, 4.69) is 20.8 Å². The molecule has 0 aliphatic rings. The number of nitrogens with one attached hydrogen (secondary N) is 2. The molecule has 2 rings (SSSR count). The molecule has 136 valence electrons. The zero-order valence-electron chi connectivity index (χ0n) is 14.7. The number of benzene rings is 1. The Bertz CT molecular complexity index is 749. The lowest BCUT2D eigenvalue weighted by molar-refractivity contribution is 0.229. The number of carbonyl (C=O) groups excluding carboxylic acids is 1. The highest BCUT2D eigenvalue weighted by Gasteiger charge is 2.16. The van der Waals surface area contributed by atoms with Crippen molar-refractivity contribution in [3.8, 4) is 11.5 Å². The summed E-state index contributed by atoms with van der Waals surface area (Å²) >= 11 is 7.54. The van der Waals surface area contributed by atoms with E-state index in [0.29, 0.717) is 27.3 Å². The molecule has 0 radical (unpaired) electrons. The molecule has 0 spiro atoms. The minimum Gasteiger partial charge on any atom is -0.489 e. The number of anilines is 2. The van der Waals surface area contributed by atoms with Crippen molar-refractivity contribution in [1.29, 1.82) is 0 Å². The standard InChI is InChI=1S/C16H21ClN4O3S/c1-8(2)23-13-7-14(24-9(3)4)12(6-11(13)17)18-15(22)19-16-21-20-10(5)25-16/h6-9H,1-5H3,(H2,18,19,21,22). The number of urea groups is 1. The molecule has 0 aliphatic carbocycles. The average molecular weight is 385 g/mol. The fraction of sp³-hybridized carbons (Fsp3) is 0.438. The van der Waals surface area contributed by atoms with E-state index in [1.165, 1.54) is 11.3 Å². The minimum absolute atomic E-state index is 0.0350. The molecule has 0 atom stereocenters. The van der Waals surface area contributed by atoms with Crippen LogP contribution in [-0.4, -0.2) is 28.4 Å². The van der Waals surface area contributed by atoms with Crippen LogP contribution in [0.4, 0.5) is 15.6 Å². The van der Waals surface area contributed by atoms with Crippen molar-refractivity contribution in [3.63, 3.8) is 0 Å². The van der Waals surface area contributed by atoms with E-state index in [0.717, 1.165) is 5.01 Å². The Kier molecular flexibility index (Phi) is 6.44. The highest BCUT2D eigenvalue weighted by atomic mass is 35.5. The van der Waals surface area contributed by atoms with Gasteiger partial charge in [-0.3, -0.25) is 5.32 Å². The van der Waals surface area contributed by atoms with Crippen LogP contribution in [0.2, 0.25) is 5.02 Å². The zero-order valence-corrected chi connectivity index (χ0v) is 16.3. The second kappa shape index (κ2) is 8.35. The van der Waals surface area contributed by atoms with Crippen molar-refractivity contribution in [1.82, 2.24) is 10.2 Å². The molecule has 0 bridgehead atoms. The highest BCUT2D eigenvalue weighted by Crippen LogP contribution is 2.37. The number of aryl methyl sites for hydroxylation is 1. The van der Waals surface area contributed by atoms with Crippen LogP contribution in [0.15, 0.2) is 12.1 Å². The quantitative estimate of drug-likeness (QED) is 0.752. The summed E-state index contributed by atoms with van der Waals surface area (Å²) < 4.78 is 11.4. The van der Waals surface area contributed by atoms with Gasteiger partial charge in [-0.25, -0.2) is 4.79 Å². The number of nitrogens with zero attached hydrogens (tertiary/aromatic N) is 2. The number of carbonyl (C=O) groups is 1. The maximum absolute atomic E-state index is 12.2. The van der Waals surface area contributed by atoms with Gasteiger partial charge in [-0.1, -0.05) is 22.9 Å². The van der Waals surface area contributed by atoms with E-state index >= 15 is 0 Å². The first-order valence-electron chi connectivity index (χ1n) is 7.79. The molecular formula is C16H21ClN4O3S. The molecule has 1 aromatic heterocycles. The molecule has 1 heterocycles. The second-order valence-electron chi connectivity index (χ2n) is 5.82. The maximum Gasteiger partial charge on any atom is 0.325 e. The lowest BCUT2D eigenvalue weighted by Crippen LogP contribution is -2.20. The lowest BCUT2D eigenvalue weighted by atomic mass is 10.2. The minimum atomic E-state index is -0.460. The SMILES string of the molecule is Cc1nnc(NC(=O)Nc2cc(Cl)c(OC(C)C)cc2OC(C)C)s1. The van der Waals surface area contributed by atoms with Crippen molar-refractivity contribution in [2.75, 3.05) is 10.6 Å². The molecule has 0 unspecified atom stereocenters. The average Bonchev–Trinajstić information content (AvgIpc) is 2.87. The van der Waals surface area contributed by atoms with Crippen LogP contribution < -0.4 is 20.1 Å². The number of halogens is 1. The van der Waals surface area contributed by atoms with Crippen LogP contribution in [0.25, 0.3) is 0 Å². The molecule has 0 fully saturated rings. The van der Waals surface area contributed by atoms with Crippen molar-refractivity contribution >= 4 is 39.8 Å². The predicted molar refractivity (Wildman–Crippen MR) is 100 cm³/mol. The molecule has 7 nitrogen and oxygen atoms in total. The van der Waals surface area contributed by atoms with Gasteiger partial charge in [0.1, 0.15) is 16.5 Å². The summed E-state index contributed by atoms with van der Waals surface area (Å²) in [6.45, 7) is 9.41. The van der Waals surface area contributed by atoms with E-state index in [9.17, 15) is 4.79 Å². The van der Waals surface area contributed by atoms with E-state index in [-0.39, 0.29) is 12.2 Å². The molecule has 2 N–H and O–H groups in total. The monoisotopic (exact) mass is 384 g/mol. The van der Waals surface area contributed by atoms with Gasteiger partial charge in [0.15, 0.2) is 0 Å². The number of hydrogen-bond donors (Lipinski definition) is 2. The fourth-order valence-electron chi connectivity index (χ4n) is 1.93. The summed E-state index contributed by atoms with van der Waals surface area (Å²) in [7, 11) is 0. The van der Waals surface area contributed by atoms with Crippen LogP contribution in [0.3, 0.4) is 0 Å². The molecular weight excluding hydrogens is 364 g/mol. The molecule has 2 amide bonds. The number of ether oxygens (including phenoxy) is 2. The van der Waals surface area contributed by atoms with Gasteiger partial charge in [-0.2, -0.15) is 0 Å². The third-order valence-electron chi connectivity index (χ3n) is 2.75. The van der Waals surface area contributed by atoms with Crippen LogP contribution in [0.1, 0.15) is 32.7 Å². The van der Waals surface area contributed by atoms with Gasteiger partial charge in [0.05, 0.1) is 22.9 Å². The Morgan fingerprint density at radius 2 is 1.72 bits per heavy atom. The Morgan fingerprint density at radius 1 is 1.08 bits per heavy atom. The van der Waals surface area contributed by atoms with E-state index in [4.69, 9.17) is 21.1 Å². The first-order chi connectivity index (χ1) is 11.7. The maximum atomic E-state index is 12.2. The molecule has 9 heteroatoms. The molecule has 25 heavy (non-hydrogen) atoms. The summed E-state index contributed by atoms with van der Waals surface area (Å²) in [5.41, 5.74) is 0.438. The van der Waals surface area contributed by atoms with E-state index in [1.54, 1.807) is 12.1 Å². The number of aromatic nitrogens is 2. The van der Waals surface area contributed by atoms with Crippen molar-refractivity contribution in [2.45, 2.75) is 46.8 Å². The summed E-state index contributed by atoms with van der Waals surface area (Å²) in [5.74, 6) is 0.969. The Hall–Kier alpha value is -2.06. The summed E-state index contributed by atoms with van der Waals surface area (Å²) in [4.78, 5) is 12.2. The van der Waals surface area contributed by atoms with Crippen molar-refractivity contribution in [2.24, 2.45) is 0 Å². The predicted octanol–water partition coefficient (Wildman–Crippen LogP) is 4.72. The van der Waals surface area contributed by atoms with Gasteiger partial charge in [0.25, 0.3) is 0 Å². The fourth-order valence-corrected chi connectivity index (χ4v) is 2.72. The highest BCUT2D eigenvalue weighted by molar-refractivity contribution is 7.15. The van der Waals surface area contributed by atoms with Gasteiger partial charge in [-0.15, -0.1) is 10.2 Å². The molecule has 0 aliphatic heterocycles. The van der Waals surface area contributed by atoms with Crippen molar-refractivity contribution < 1.29 is 14.3 Å². The Balaban J connectivity index is 2.22. The van der Waals surface area contributed by atoms with Gasteiger partial charge >= 0.3 is 6.03 Å². The zero-order chi connectivity index (χ0) is 18.6. The molecule has 2 aromatic rings. The smallest absolute Gasteiger partial charge is 0.325 e. The largest absolute Gasteiger partial charge is 0.489 e. The van der Waals surface area contributed by atoms with Gasteiger partial charge < -0.3 is 14.8 Å². The first kappa shape index (κ1) is 19.3. The third kappa shape index (κ3) is 5.75. The third-order valence-corrected chi connectivity index (χ3v) is 3.80. The van der Waals surface area contributed by atoms with Crippen molar-refractivity contribution in [3.05, 3.63) is 22.2 Å². The normalized spacial score (nSPS) is 10.9. The summed E-state index contributed by atoms with van der Waals surface area (Å²) in [6.07, 6.45) is -0.116. The van der Waals surface area contributed by atoms with Crippen LogP contribution in [0.5, 0.6) is 11.5 Å². The van der Waals surface area contributed by atoms with Gasteiger partial charge in [-0.05, 0) is 40.7 Å². The van der Waals surface area contributed by atoms with E-state index < -0.39 is 6.03 Å². The number of amides is 2. The summed E-state index contributed by atoms with van der Waals surface area (Å²) in [5, 5.41) is 14.6. The lowest BCUT2D eigenvalue weighted by Gasteiger charge is -2.18. The molecule has 1 aromatic carbocycles. The first-order valence-corrected chi connectivity index (χ1v) is 8.99. The van der Waals surface area contributed by atoms with Crippen LogP contribution in [-0.2, 0) is 0 Å². The number of hydrogen-bond acceptors (Lipinski definition) is 6. The summed E-state index contributed by atoms with van der Waals surface area (Å²) in [6, 6.07) is 2.81.